The first-order valence-corrected chi connectivity index (χ1v) is 9.86. The average Bonchev–Trinajstić information content (AvgIpc) is 3.11. The Labute approximate surface area is 147 Å². The van der Waals surface area contributed by atoms with Crippen LogP contribution in [0, 0.1) is 0 Å². The molecule has 2 nitrogen and oxygen atoms in total. The van der Waals surface area contributed by atoms with Gasteiger partial charge in [0.2, 0.25) is 0 Å². The van der Waals surface area contributed by atoms with Crippen LogP contribution in [-0.2, 0) is 14.8 Å². The molecule has 0 fully saturated rings. The van der Waals surface area contributed by atoms with Crippen molar-refractivity contribution in [2.75, 3.05) is 0 Å². The van der Waals surface area contributed by atoms with E-state index in [1.165, 1.54) is 11.1 Å². The van der Waals surface area contributed by atoms with Gasteiger partial charge in [0, 0.05) is 6.42 Å². The summed E-state index contributed by atoms with van der Waals surface area (Å²) in [6, 6.07) is 21.1. The standard InChI is InChI=1S/C21H26O2Si/c1-20(2,3)24-23-21(19-15-10-16-22-19,17-11-6-4-7-12-17)18-13-8-5-9-14-18/h4-14,16,19H,15,24H2,1-3H3. The highest BCUT2D eigenvalue weighted by Gasteiger charge is 2.45. The van der Waals surface area contributed by atoms with Gasteiger partial charge in [-0.2, -0.15) is 0 Å². The first-order chi connectivity index (χ1) is 11.5. The van der Waals surface area contributed by atoms with Gasteiger partial charge < -0.3 is 9.16 Å². The molecule has 0 aliphatic carbocycles. The lowest BCUT2D eigenvalue weighted by Gasteiger charge is -2.41. The summed E-state index contributed by atoms with van der Waals surface area (Å²) in [6.07, 6.45) is 4.74. The minimum atomic E-state index is -0.784. The summed E-state index contributed by atoms with van der Waals surface area (Å²) in [5.41, 5.74) is 1.79. The summed E-state index contributed by atoms with van der Waals surface area (Å²) in [5.74, 6) is 0. The Bertz CT molecular complexity index is 626. The molecule has 1 heterocycles. The molecule has 0 saturated carbocycles. The van der Waals surface area contributed by atoms with E-state index in [-0.39, 0.29) is 11.1 Å². The Morgan fingerprint density at radius 3 is 1.88 bits per heavy atom. The summed E-state index contributed by atoms with van der Waals surface area (Å²) in [7, 11) is -0.784. The maximum Gasteiger partial charge on any atom is 0.168 e. The second kappa shape index (κ2) is 6.95. The van der Waals surface area contributed by atoms with E-state index >= 15 is 0 Å². The third-order valence-corrected chi connectivity index (χ3v) is 5.75. The van der Waals surface area contributed by atoms with Crippen molar-refractivity contribution >= 4 is 9.76 Å². The zero-order valence-corrected chi connectivity index (χ0v) is 16.2. The molecule has 1 unspecified atom stereocenters. The Balaban J connectivity index is 2.12. The van der Waals surface area contributed by atoms with E-state index in [0.717, 1.165) is 6.42 Å². The molecule has 1 aliphatic heterocycles. The molecule has 0 saturated heterocycles. The summed E-state index contributed by atoms with van der Waals surface area (Å²) in [5, 5.41) is 0.209. The fourth-order valence-electron chi connectivity index (χ4n) is 3.15. The van der Waals surface area contributed by atoms with Crippen LogP contribution in [0.5, 0.6) is 0 Å². The fourth-order valence-corrected chi connectivity index (χ4v) is 4.33. The molecule has 0 bridgehead atoms. The number of ether oxygens (including phenoxy) is 1. The topological polar surface area (TPSA) is 18.5 Å². The van der Waals surface area contributed by atoms with Gasteiger partial charge in [0.15, 0.2) is 9.76 Å². The number of hydrogen-bond donors (Lipinski definition) is 0. The molecule has 126 valence electrons. The van der Waals surface area contributed by atoms with Crippen molar-refractivity contribution in [3.05, 3.63) is 84.1 Å². The predicted molar refractivity (Wildman–Crippen MR) is 102 cm³/mol. The van der Waals surface area contributed by atoms with Gasteiger partial charge in [0.1, 0.15) is 11.7 Å². The maximum atomic E-state index is 6.82. The van der Waals surface area contributed by atoms with Crippen LogP contribution < -0.4 is 0 Å². The van der Waals surface area contributed by atoms with E-state index in [0.29, 0.717) is 0 Å². The molecule has 24 heavy (non-hydrogen) atoms. The van der Waals surface area contributed by atoms with Gasteiger partial charge in [-0.05, 0) is 22.2 Å². The van der Waals surface area contributed by atoms with Gasteiger partial charge >= 0.3 is 0 Å². The SMILES string of the molecule is CC(C)(C)[SiH2]OC(c1ccccc1)(c1ccccc1)C1CC=CO1. The molecule has 0 aromatic heterocycles. The third kappa shape index (κ3) is 3.47. The van der Waals surface area contributed by atoms with Crippen LogP contribution in [0.2, 0.25) is 5.04 Å². The van der Waals surface area contributed by atoms with E-state index in [2.05, 4.69) is 75.4 Å². The lowest BCUT2D eigenvalue weighted by atomic mass is 9.80. The van der Waals surface area contributed by atoms with Crippen molar-refractivity contribution < 1.29 is 9.16 Å². The van der Waals surface area contributed by atoms with Crippen LogP contribution >= 0.6 is 0 Å². The van der Waals surface area contributed by atoms with Crippen LogP contribution in [-0.4, -0.2) is 15.9 Å². The Morgan fingerprint density at radius 1 is 0.917 bits per heavy atom. The van der Waals surface area contributed by atoms with E-state index in [1.807, 2.05) is 18.4 Å². The second-order valence-corrected chi connectivity index (χ2v) is 10.2. The quantitative estimate of drug-likeness (QED) is 0.745. The summed E-state index contributed by atoms with van der Waals surface area (Å²) < 4.78 is 12.8. The van der Waals surface area contributed by atoms with Crippen LogP contribution in [0.1, 0.15) is 38.3 Å². The van der Waals surface area contributed by atoms with Crippen LogP contribution in [0.15, 0.2) is 73.0 Å². The first kappa shape index (κ1) is 17.0. The second-order valence-electron chi connectivity index (χ2n) is 7.55. The zero-order valence-electron chi connectivity index (χ0n) is 14.7. The third-order valence-electron chi connectivity index (χ3n) is 4.28. The van der Waals surface area contributed by atoms with Gasteiger partial charge in [0.05, 0.1) is 6.26 Å². The van der Waals surface area contributed by atoms with Crippen molar-refractivity contribution in [1.29, 1.82) is 0 Å². The molecule has 0 spiro atoms. The summed E-state index contributed by atoms with van der Waals surface area (Å²) in [4.78, 5) is 0. The van der Waals surface area contributed by atoms with Crippen molar-refractivity contribution in [3.8, 4) is 0 Å². The van der Waals surface area contributed by atoms with Gasteiger partial charge in [0.25, 0.3) is 0 Å². The highest BCUT2D eigenvalue weighted by atomic mass is 28.2. The van der Waals surface area contributed by atoms with E-state index in [4.69, 9.17) is 9.16 Å². The maximum absolute atomic E-state index is 6.82. The molecule has 2 aromatic carbocycles. The van der Waals surface area contributed by atoms with Crippen molar-refractivity contribution in [3.63, 3.8) is 0 Å². The lowest BCUT2D eigenvalue weighted by molar-refractivity contribution is -0.0260. The number of benzene rings is 2. The molecule has 0 N–H and O–H groups in total. The van der Waals surface area contributed by atoms with Gasteiger partial charge in [-0.25, -0.2) is 0 Å². The Kier molecular flexibility index (Phi) is 4.92. The minimum absolute atomic E-state index is 0.0304. The normalized spacial score (nSPS) is 18.2. The molecular formula is C21H26O2Si. The smallest absolute Gasteiger partial charge is 0.168 e. The van der Waals surface area contributed by atoms with Gasteiger partial charge in [-0.1, -0.05) is 81.4 Å². The molecule has 0 amide bonds. The minimum Gasteiger partial charge on any atom is -0.494 e. The molecule has 0 radical (unpaired) electrons. The van der Waals surface area contributed by atoms with Crippen LogP contribution in [0.4, 0.5) is 0 Å². The first-order valence-electron chi connectivity index (χ1n) is 8.58. The van der Waals surface area contributed by atoms with E-state index in [9.17, 15) is 0 Å². The molecular weight excluding hydrogens is 312 g/mol. The fraction of sp³-hybridized carbons (Fsp3) is 0.333. The highest BCUT2D eigenvalue weighted by molar-refractivity contribution is 6.32. The summed E-state index contributed by atoms with van der Waals surface area (Å²) in [6.45, 7) is 6.77. The molecule has 3 rings (SSSR count). The molecule has 3 heteroatoms. The average molecular weight is 339 g/mol. The van der Waals surface area contributed by atoms with E-state index in [1.54, 1.807) is 0 Å². The lowest BCUT2D eigenvalue weighted by Crippen LogP contribution is -2.45. The van der Waals surface area contributed by atoms with Gasteiger partial charge in [-0.3, -0.25) is 0 Å². The number of hydrogen-bond acceptors (Lipinski definition) is 2. The van der Waals surface area contributed by atoms with Crippen LogP contribution in [0.3, 0.4) is 0 Å². The summed E-state index contributed by atoms with van der Waals surface area (Å²) >= 11 is 0. The Morgan fingerprint density at radius 2 is 1.46 bits per heavy atom. The predicted octanol–water partition coefficient (Wildman–Crippen LogP) is 4.55. The molecule has 1 aliphatic rings. The molecule has 2 aromatic rings. The number of rotatable bonds is 5. The van der Waals surface area contributed by atoms with E-state index < -0.39 is 15.4 Å². The molecule has 1 atom stereocenters. The highest BCUT2D eigenvalue weighted by Crippen LogP contribution is 2.42. The van der Waals surface area contributed by atoms with Gasteiger partial charge in [-0.15, -0.1) is 0 Å². The van der Waals surface area contributed by atoms with Crippen molar-refractivity contribution in [2.45, 2.75) is 43.9 Å². The Hall–Kier alpha value is -1.84. The zero-order chi connectivity index (χ0) is 17.0. The van der Waals surface area contributed by atoms with Crippen molar-refractivity contribution in [1.82, 2.24) is 0 Å². The monoisotopic (exact) mass is 338 g/mol. The largest absolute Gasteiger partial charge is 0.494 e. The van der Waals surface area contributed by atoms with Crippen molar-refractivity contribution in [2.24, 2.45) is 0 Å². The van der Waals surface area contributed by atoms with Crippen LogP contribution in [0.25, 0.3) is 0 Å².